The highest BCUT2D eigenvalue weighted by Gasteiger charge is 2.52. The Labute approximate surface area is 112 Å². The molecule has 6 heteroatoms. The van der Waals surface area contributed by atoms with Crippen LogP contribution in [-0.2, 0) is 9.31 Å². The zero-order valence-corrected chi connectivity index (χ0v) is 11.7. The van der Waals surface area contributed by atoms with Crippen molar-refractivity contribution >= 4 is 12.6 Å². The summed E-state index contributed by atoms with van der Waals surface area (Å²) in [6, 6.07) is 2.38. The molecule has 0 aliphatic carbocycles. The van der Waals surface area contributed by atoms with Gasteiger partial charge in [-0.15, -0.1) is 0 Å². The molecule has 2 rings (SSSR count). The van der Waals surface area contributed by atoms with Crippen molar-refractivity contribution < 1.29 is 22.8 Å². The SMILES string of the molecule is COc1cc(F)c(F)c(B2OC(C)(C)C(C)(C)O2)c1. The maximum absolute atomic E-state index is 13.9. The molecule has 0 N–H and O–H groups in total. The van der Waals surface area contributed by atoms with Crippen LogP contribution in [0.1, 0.15) is 27.7 Å². The van der Waals surface area contributed by atoms with Gasteiger partial charge in [-0.3, -0.25) is 0 Å². The van der Waals surface area contributed by atoms with E-state index in [0.717, 1.165) is 6.07 Å². The smallest absolute Gasteiger partial charge is 0.497 e. The minimum absolute atomic E-state index is 0.00972. The van der Waals surface area contributed by atoms with Crippen LogP contribution < -0.4 is 10.2 Å². The van der Waals surface area contributed by atoms with Crippen molar-refractivity contribution in [1.82, 2.24) is 0 Å². The van der Waals surface area contributed by atoms with Gasteiger partial charge in [0.2, 0.25) is 0 Å². The molecular weight excluding hydrogens is 253 g/mol. The van der Waals surface area contributed by atoms with Crippen molar-refractivity contribution in [3.63, 3.8) is 0 Å². The largest absolute Gasteiger partial charge is 0.498 e. The van der Waals surface area contributed by atoms with Crippen LogP contribution in [0.2, 0.25) is 0 Å². The van der Waals surface area contributed by atoms with Gasteiger partial charge in [0.25, 0.3) is 0 Å². The molecule has 0 unspecified atom stereocenters. The minimum Gasteiger partial charge on any atom is -0.497 e. The second-order valence-corrected chi connectivity index (χ2v) is 5.60. The monoisotopic (exact) mass is 270 g/mol. The van der Waals surface area contributed by atoms with Gasteiger partial charge in [-0.25, -0.2) is 8.78 Å². The van der Waals surface area contributed by atoms with Gasteiger partial charge in [0, 0.05) is 11.5 Å². The lowest BCUT2D eigenvalue weighted by Crippen LogP contribution is -2.41. The molecule has 0 bridgehead atoms. The molecule has 0 radical (unpaired) electrons. The van der Waals surface area contributed by atoms with E-state index in [0.29, 0.717) is 0 Å². The van der Waals surface area contributed by atoms with Crippen LogP contribution in [0.3, 0.4) is 0 Å². The lowest BCUT2D eigenvalue weighted by Gasteiger charge is -2.32. The van der Waals surface area contributed by atoms with Gasteiger partial charge in [-0.1, -0.05) is 0 Å². The average molecular weight is 270 g/mol. The third-order valence-corrected chi connectivity index (χ3v) is 3.77. The molecule has 1 aromatic rings. The Balaban J connectivity index is 2.42. The fraction of sp³-hybridized carbons (Fsp3) is 0.538. The predicted octanol–water partition coefficient (Wildman–Crippen LogP) is 2.27. The van der Waals surface area contributed by atoms with Gasteiger partial charge >= 0.3 is 7.12 Å². The lowest BCUT2D eigenvalue weighted by molar-refractivity contribution is 0.00578. The molecule has 0 atom stereocenters. The van der Waals surface area contributed by atoms with Gasteiger partial charge < -0.3 is 14.0 Å². The quantitative estimate of drug-likeness (QED) is 0.771. The summed E-state index contributed by atoms with van der Waals surface area (Å²) >= 11 is 0. The molecule has 0 aromatic heterocycles. The van der Waals surface area contributed by atoms with Crippen molar-refractivity contribution in [2.75, 3.05) is 7.11 Å². The molecule has 1 saturated heterocycles. The van der Waals surface area contributed by atoms with Crippen molar-refractivity contribution in [3.8, 4) is 5.75 Å². The first kappa shape index (κ1) is 14.3. The molecular formula is C13H17BF2O3. The first-order valence-corrected chi connectivity index (χ1v) is 6.06. The summed E-state index contributed by atoms with van der Waals surface area (Å²) in [6.45, 7) is 7.39. The van der Waals surface area contributed by atoms with Crippen LogP contribution in [0.4, 0.5) is 8.78 Å². The van der Waals surface area contributed by atoms with Gasteiger partial charge in [0.05, 0.1) is 18.3 Å². The molecule has 1 aromatic carbocycles. The molecule has 1 aliphatic heterocycles. The third-order valence-electron chi connectivity index (χ3n) is 3.77. The van der Waals surface area contributed by atoms with Gasteiger partial charge in [0.1, 0.15) is 5.75 Å². The lowest BCUT2D eigenvalue weighted by atomic mass is 9.78. The molecule has 1 aliphatic rings. The van der Waals surface area contributed by atoms with E-state index >= 15 is 0 Å². The highest BCUT2D eigenvalue weighted by atomic mass is 19.2. The minimum atomic E-state index is -0.982. The van der Waals surface area contributed by atoms with Crippen molar-refractivity contribution in [2.45, 2.75) is 38.9 Å². The summed E-state index contributed by atoms with van der Waals surface area (Å²) < 4.78 is 43.7. The molecule has 3 nitrogen and oxygen atoms in total. The predicted molar refractivity (Wildman–Crippen MR) is 68.6 cm³/mol. The number of hydrogen-bond donors (Lipinski definition) is 0. The first-order valence-electron chi connectivity index (χ1n) is 6.06. The third kappa shape index (κ3) is 2.34. The van der Waals surface area contributed by atoms with E-state index in [-0.39, 0.29) is 11.2 Å². The molecule has 19 heavy (non-hydrogen) atoms. The number of benzene rings is 1. The highest BCUT2D eigenvalue weighted by molar-refractivity contribution is 6.62. The summed E-state index contributed by atoms with van der Waals surface area (Å²) in [5.41, 5.74) is -1.21. The number of methoxy groups -OCH3 is 1. The number of halogens is 2. The maximum atomic E-state index is 13.9. The van der Waals surface area contributed by atoms with E-state index in [4.69, 9.17) is 14.0 Å². The summed E-state index contributed by atoms with van der Waals surface area (Å²) in [6.07, 6.45) is 0. The summed E-state index contributed by atoms with van der Waals surface area (Å²) in [5, 5.41) is 0. The van der Waals surface area contributed by atoms with E-state index in [1.165, 1.54) is 13.2 Å². The highest BCUT2D eigenvalue weighted by Crippen LogP contribution is 2.37. The summed E-state index contributed by atoms with van der Waals surface area (Å²) in [7, 11) is 0.440. The van der Waals surface area contributed by atoms with Crippen LogP contribution >= 0.6 is 0 Å². The molecule has 0 amide bonds. The van der Waals surface area contributed by atoms with Crippen LogP contribution in [0.5, 0.6) is 5.75 Å². The van der Waals surface area contributed by atoms with E-state index in [1.54, 1.807) is 0 Å². The van der Waals surface area contributed by atoms with Crippen molar-refractivity contribution in [2.24, 2.45) is 0 Å². The Kier molecular flexibility index (Phi) is 3.35. The first-order chi connectivity index (χ1) is 8.68. The second-order valence-electron chi connectivity index (χ2n) is 5.60. The van der Waals surface area contributed by atoms with E-state index in [2.05, 4.69) is 0 Å². The topological polar surface area (TPSA) is 27.7 Å². The van der Waals surface area contributed by atoms with Crippen molar-refractivity contribution in [1.29, 1.82) is 0 Å². The van der Waals surface area contributed by atoms with Gasteiger partial charge in [-0.2, -0.15) is 0 Å². The average Bonchev–Trinajstić information content (AvgIpc) is 2.51. The standard InChI is InChI=1S/C13H17BF2O3/c1-12(2)13(3,4)19-14(18-12)9-6-8(17-5)7-10(15)11(9)16/h6-7H,1-5H3. The van der Waals surface area contributed by atoms with E-state index < -0.39 is 30.0 Å². The molecule has 104 valence electrons. The zero-order chi connectivity index (χ0) is 14.4. The van der Waals surface area contributed by atoms with Crippen LogP contribution in [0.15, 0.2) is 12.1 Å². The zero-order valence-electron chi connectivity index (χ0n) is 11.7. The molecule has 0 spiro atoms. The van der Waals surface area contributed by atoms with Crippen LogP contribution in [0, 0.1) is 11.6 Å². The summed E-state index contributed by atoms with van der Waals surface area (Å²) in [5.74, 6) is -1.73. The summed E-state index contributed by atoms with van der Waals surface area (Å²) in [4.78, 5) is 0. The maximum Gasteiger partial charge on any atom is 0.498 e. The van der Waals surface area contributed by atoms with E-state index in [1.807, 2.05) is 27.7 Å². The Hall–Kier alpha value is -1.14. The fourth-order valence-electron chi connectivity index (χ4n) is 1.84. The van der Waals surface area contributed by atoms with Crippen molar-refractivity contribution in [3.05, 3.63) is 23.8 Å². The molecule has 0 saturated carbocycles. The number of hydrogen-bond acceptors (Lipinski definition) is 3. The Morgan fingerprint density at radius 1 is 1.05 bits per heavy atom. The number of rotatable bonds is 2. The Morgan fingerprint density at radius 2 is 1.58 bits per heavy atom. The molecule has 1 fully saturated rings. The Morgan fingerprint density at radius 3 is 2.05 bits per heavy atom. The van der Waals surface area contributed by atoms with Crippen LogP contribution in [-0.4, -0.2) is 25.4 Å². The normalized spacial score (nSPS) is 20.7. The molecule has 1 heterocycles. The Bertz CT molecular complexity index is 487. The van der Waals surface area contributed by atoms with Gasteiger partial charge in [0.15, 0.2) is 11.6 Å². The van der Waals surface area contributed by atoms with Gasteiger partial charge in [-0.05, 0) is 33.8 Å². The fourth-order valence-corrected chi connectivity index (χ4v) is 1.84. The second kappa shape index (κ2) is 4.46. The number of ether oxygens (including phenoxy) is 1. The van der Waals surface area contributed by atoms with Crippen LogP contribution in [0.25, 0.3) is 0 Å². The van der Waals surface area contributed by atoms with E-state index in [9.17, 15) is 8.78 Å².